The first-order chi connectivity index (χ1) is 14.2. The van der Waals surface area contributed by atoms with Crippen molar-refractivity contribution in [2.24, 2.45) is 0 Å². The van der Waals surface area contributed by atoms with Gasteiger partial charge >= 0.3 is 0 Å². The van der Waals surface area contributed by atoms with Crippen molar-refractivity contribution in [1.29, 1.82) is 0 Å². The number of amides is 1. The van der Waals surface area contributed by atoms with Crippen LogP contribution >= 0.6 is 0 Å². The molecule has 1 heterocycles. The first kappa shape index (κ1) is 19.8. The van der Waals surface area contributed by atoms with Crippen molar-refractivity contribution in [2.45, 2.75) is 44.2 Å². The van der Waals surface area contributed by atoms with Crippen LogP contribution in [0.25, 0.3) is 0 Å². The van der Waals surface area contributed by atoms with Gasteiger partial charge in [0.25, 0.3) is 0 Å². The summed E-state index contributed by atoms with van der Waals surface area (Å²) in [6.07, 6.45) is 4.71. The molecule has 0 bridgehead atoms. The number of rotatable bonds is 6. The van der Waals surface area contributed by atoms with Gasteiger partial charge < -0.3 is 14.8 Å². The highest BCUT2D eigenvalue weighted by molar-refractivity contribution is 5.79. The predicted octanol–water partition coefficient (Wildman–Crippen LogP) is 2.99. The van der Waals surface area contributed by atoms with E-state index in [1.807, 2.05) is 18.2 Å². The van der Waals surface area contributed by atoms with Gasteiger partial charge in [-0.1, -0.05) is 24.3 Å². The molecule has 1 fully saturated rings. The topological polar surface area (TPSA) is 50.8 Å². The van der Waals surface area contributed by atoms with E-state index in [1.165, 1.54) is 11.1 Å². The van der Waals surface area contributed by atoms with E-state index >= 15 is 0 Å². The van der Waals surface area contributed by atoms with E-state index in [2.05, 4.69) is 34.5 Å². The molecule has 5 heteroatoms. The maximum atomic E-state index is 12.7. The van der Waals surface area contributed by atoms with E-state index < -0.39 is 0 Å². The Morgan fingerprint density at radius 1 is 1.10 bits per heavy atom. The molecule has 1 N–H and O–H groups in total. The maximum absolute atomic E-state index is 12.7. The van der Waals surface area contributed by atoms with E-state index in [-0.39, 0.29) is 11.9 Å². The summed E-state index contributed by atoms with van der Waals surface area (Å²) in [5, 5.41) is 3.25. The van der Waals surface area contributed by atoms with Gasteiger partial charge in [0, 0.05) is 24.2 Å². The van der Waals surface area contributed by atoms with Crippen molar-refractivity contribution >= 4 is 5.91 Å². The molecule has 2 aromatic carbocycles. The van der Waals surface area contributed by atoms with Crippen molar-refractivity contribution < 1.29 is 14.3 Å². The van der Waals surface area contributed by atoms with Crippen molar-refractivity contribution in [1.82, 2.24) is 10.2 Å². The highest BCUT2D eigenvalue weighted by Crippen LogP contribution is 2.28. The van der Waals surface area contributed by atoms with Crippen molar-refractivity contribution in [3.05, 3.63) is 59.2 Å². The lowest BCUT2D eigenvalue weighted by Crippen LogP contribution is -2.51. The molecule has 1 aliphatic heterocycles. The maximum Gasteiger partial charge on any atom is 0.224 e. The van der Waals surface area contributed by atoms with Crippen LogP contribution in [0.15, 0.2) is 42.5 Å². The fraction of sp³-hybridized carbons (Fsp3) is 0.458. The second kappa shape index (κ2) is 8.87. The summed E-state index contributed by atoms with van der Waals surface area (Å²) in [5.74, 6) is 1.49. The fourth-order valence-electron chi connectivity index (χ4n) is 4.72. The largest absolute Gasteiger partial charge is 0.497 e. The van der Waals surface area contributed by atoms with Gasteiger partial charge in [-0.05, 0) is 61.6 Å². The van der Waals surface area contributed by atoms with Gasteiger partial charge in [0.2, 0.25) is 5.91 Å². The Bertz CT molecular complexity index is 842. The average molecular weight is 395 g/mol. The zero-order chi connectivity index (χ0) is 20.2. The van der Waals surface area contributed by atoms with Crippen molar-refractivity contribution in [3.8, 4) is 11.5 Å². The molecule has 154 valence electrons. The number of ether oxygens (including phenoxy) is 2. The lowest BCUT2D eigenvalue weighted by molar-refractivity contribution is -0.121. The van der Waals surface area contributed by atoms with Crippen LogP contribution in [-0.4, -0.2) is 50.2 Å². The Labute approximate surface area is 173 Å². The Kier molecular flexibility index (Phi) is 6.05. The number of hydrogen-bond acceptors (Lipinski definition) is 4. The number of likely N-dealkylation sites (tertiary alicyclic amines) is 1. The van der Waals surface area contributed by atoms with Gasteiger partial charge in [0.15, 0.2) is 0 Å². The average Bonchev–Trinajstić information content (AvgIpc) is 3.18. The smallest absolute Gasteiger partial charge is 0.224 e. The zero-order valence-corrected chi connectivity index (χ0v) is 17.3. The minimum atomic E-state index is 0.0399. The number of hydrogen-bond donors (Lipinski definition) is 1. The minimum Gasteiger partial charge on any atom is -0.497 e. The van der Waals surface area contributed by atoms with Crippen molar-refractivity contribution in [2.75, 3.05) is 27.3 Å². The molecule has 1 atom stereocenters. The van der Waals surface area contributed by atoms with E-state index in [4.69, 9.17) is 9.47 Å². The normalized spacial score (nSPS) is 19.6. The summed E-state index contributed by atoms with van der Waals surface area (Å²) in [6, 6.07) is 15.1. The third-order valence-corrected chi connectivity index (χ3v) is 6.20. The number of methoxy groups -OCH3 is 2. The summed E-state index contributed by atoms with van der Waals surface area (Å²) in [5.41, 5.74) is 3.81. The van der Waals surface area contributed by atoms with Crippen LogP contribution in [0.1, 0.15) is 29.5 Å². The number of fused-ring (bicyclic) bond motifs is 1. The first-order valence-electron chi connectivity index (χ1n) is 10.5. The minimum absolute atomic E-state index is 0.0399. The monoisotopic (exact) mass is 394 g/mol. The van der Waals surface area contributed by atoms with Gasteiger partial charge in [0.05, 0.1) is 20.6 Å². The predicted molar refractivity (Wildman–Crippen MR) is 114 cm³/mol. The molecule has 2 aromatic rings. The lowest BCUT2D eigenvalue weighted by atomic mass is 10.0. The quantitative estimate of drug-likeness (QED) is 0.818. The summed E-state index contributed by atoms with van der Waals surface area (Å²) in [6.45, 7) is 2.05. The Morgan fingerprint density at radius 3 is 2.55 bits per heavy atom. The highest BCUT2D eigenvalue weighted by Gasteiger charge is 2.30. The van der Waals surface area contributed by atoms with E-state index in [9.17, 15) is 4.79 Å². The standard InChI is InChI=1S/C24H30N2O3/c1-28-22-9-10-23(29-2)19(14-22)15-24(27)25-20-8-5-11-26(16-20)21-12-17-6-3-4-7-18(17)13-21/h3-4,6-7,9-10,14,20-21H,5,8,11-13,15-16H2,1-2H3,(H,25,27). The van der Waals surface area contributed by atoms with Crippen LogP contribution in [0.2, 0.25) is 0 Å². The number of benzene rings is 2. The second-order valence-corrected chi connectivity index (χ2v) is 8.09. The Morgan fingerprint density at radius 2 is 1.86 bits per heavy atom. The van der Waals surface area contributed by atoms with E-state index in [0.29, 0.717) is 12.5 Å². The molecular formula is C24H30N2O3. The molecule has 0 aromatic heterocycles. The van der Waals surface area contributed by atoms with E-state index in [1.54, 1.807) is 14.2 Å². The second-order valence-electron chi connectivity index (χ2n) is 8.09. The van der Waals surface area contributed by atoms with E-state index in [0.717, 1.165) is 55.8 Å². The first-order valence-corrected chi connectivity index (χ1v) is 10.5. The number of carbonyl (C=O) groups is 1. The van der Waals surface area contributed by atoms with Gasteiger partial charge in [-0.3, -0.25) is 9.69 Å². The molecule has 1 saturated heterocycles. The lowest BCUT2D eigenvalue weighted by Gasteiger charge is -2.37. The SMILES string of the molecule is COc1ccc(OC)c(CC(=O)NC2CCCN(C3Cc4ccccc4C3)C2)c1. The molecule has 2 aliphatic rings. The molecule has 1 aliphatic carbocycles. The van der Waals surface area contributed by atoms with Gasteiger partial charge in [0.1, 0.15) is 11.5 Å². The zero-order valence-electron chi connectivity index (χ0n) is 17.3. The molecule has 29 heavy (non-hydrogen) atoms. The van der Waals surface area contributed by atoms with Crippen LogP contribution in [0.5, 0.6) is 11.5 Å². The molecule has 0 spiro atoms. The molecule has 4 rings (SSSR count). The number of carbonyl (C=O) groups excluding carboxylic acids is 1. The van der Waals surface area contributed by atoms with Crippen molar-refractivity contribution in [3.63, 3.8) is 0 Å². The molecule has 1 unspecified atom stereocenters. The molecule has 1 amide bonds. The molecule has 0 saturated carbocycles. The number of piperidine rings is 1. The van der Waals surface area contributed by atoms with Gasteiger partial charge in [-0.15, -0.1) is 0 Å². The van der Waals surface area contributed by atoms with Gasteiger partial charge in [-0.2, -0.15) is 0 Å². The van der Waals surface area contributed by atoms with Crippen LogP contribution in [-0.2, 0) is 24.1 Å². The van der Waals surface area contributed by atoms with Crippen LogP contribution in [0.3, 0.4) is 0 Å². The number of nitrogens with one attached hydrogen (secondary N) is 1. The molecular weight excluding hydrogens is 364 g/mol. The number of nitrogens with zero attached hydrogens (tertiary/aromatic N) is 1. The third-order valence-electron chi connectivity index (χ3n) is 6.20. The Balaban J connectivity index is 1.35. The summed E-state index contributed by atoms with van der Waals surface area (Å²) in [4.78, 5) is 15.3. The summed E-state index contributed by atoms with van der Waals surface area (Å²) < 4.78 is 10.7. The van der Waals surface area contributed by atoms with Crippen LogP contribution in [0.4, 0.5) is 0 Å². The summed E-state index contributed by atoms with van der Waals surface area (Å²) >= 11 is 0. The highest BCUT2D eigenvalue weighted by atomic mass is 16.5. The third kappa shape index (κ3) is 4.56. The van der Waals surface area contributed by atoms with Crippen LogP contribution < -0.4 is 14.8 Å². The van der Waals surface area contributed by atoms with Crippen LogP contribution in [0, 0.1) is 0 Å². The molecule has 5 nitrogen and oxygen atoms in total. The fourth-order valence-corrected chi connectivity index (χ4v) is 4.72. The Hall–Kier alpha value is -2.53. The summed E-state index contributed by atoms with van der Waals surface area (Å²) in [7, 11) is 3.26. The molecule has 0 radical (unpaired) electrons. The van der Waals surface area contributed by atoms with Gasteiger partial charge in [-0.25, -0.2) is 0 Å².